The molecule has 6 heteroatoms. The summed E-state index contributed by atoms with van der Waals surface area (Å²) in [7, 11) is 1.81. The van der Waals surface area contributed by atoms with Crippen molar-refractivity contribution >= 4 is 44.9 Å². The van der Waals surface area contributed by atoms with E-state index >= 15 is 0 Å². The van der Waals surface area contributed by atoms with Crippen LogP contribution in [0.2, 0.25) is 5.02 Å². The van der Waals surface area contributed by atoms with E-state index in [-0.39, 0.29) is 5.56 Å². The molecule has 2 heterocycles. The molecule has 0 radical (unpaired) electrons. The van der Waals surface area contributed by atoms with Gasteiger partial charge in [0.1, 0.15) is 4.83 Å². The van der Waals surface area contributed by atoms with Gasteiger partial charge in [0.2, 0.25) is 0 Å². The predicted molar refractivity (Wildman–Crippen MR) is 97.9 cm³/mol. The fourth-order valence-electron chi connectivity index (χ4n) is 2.99. The number of fused-ring (bicyclic) bond motifs is 3. The zero-order chi connectivity index (χ0) is 16.0. The highest BCUT2D eigenvalue weighted by Crippen LogP contribution is 2.35. The van der Waals surface area contributed by atoms with Crippen LogP contribution in [0.15, 0.2) is 34.2 Å². The average Bonchev–Trinajstić information content (AvgIpc) is 3.11. The third-order valence-corrected chi connectivity index (χ3v) is 6.85. The summed E-state index contributed by atoms with van der Waals surface area (Å²) >= 11 is 9.45. The van der Waals surface area contributed by atoms with Gasteiger partial charge in [0, 0.05) is 22.7 Å². The molecular formula is C17H15ClN2OS2. The van der Waals surface area contributed by atoms with Gasteiger partial charge in [0.15, 0.2) is 5.16 Å². The fraction of sp³-hybridized carbons (Fsp3) is 0.294. The summed E-state index contributed by atoms with van der Waals surface area (Å²) in [5.41, 5.74) is 2.37. The van der Waals surface area contributed by atoms with E-state index in [1.54, 1.807) is 27.7 Å². The molecule has 0 unspecified atom stereocenters. The van der Waals surface area contributed by atoms with Crippen molar-refractivity contribution in [1.82, 2.24) is 9.55 Å². The van der Waals surface area contributed by atoms with Gasteiger partial charge in [-0.05, 0) is 36.5 Å². The highest BCUT2D eigenvalue weighted by atomic mass is 35.5. The number of thioether (sulfide) groups is 1. The SMILES string of the molecule is Cn1c(SCc2ccccc2Cl)nc2sc3c(c2c1=O)CCC3. The molecule has 3 nitrogen and oxygen atoms in total. The summed E-state index contributed by atoms with van der Waals surface area (Å²) in [6.45, 7) is 0. The molecule has 118 valence electrons. The van der Waals surface area contributed by atoms with Crippen LogP contribution < -0.4 is 5.56 Å². The Morgan fingerprint density at radius 3 is 3.00 bits per heavy atom. The van der Waals surface area contributed by atoms with Gasteiger partial charge in [0.05, 0.1) is 5.39 Å². The third-order valence-electron chi connectivity index (χ3n) is 4.22. The third kappa shape index (κ3) is 2.61. The summed E-state index contributed by atoms with van der Waals surface area (Å²) < 4.78 is 1.68. The molecule has 0 bridgehead atoms. The minimum Gasteiger partial charge on any atom is -0.290 e. The van der Waals surface area contributed by atoms with Crippen molar-refractivity contribution in [1.29, 1.82) is 0 Å². The van der Waals surface area contributed by atoms with Gasteiger partial charge in [-0.1, -0.05) is 41.6 Å². The van der Waals surface area contributed by atoms with E-state index in [1.165, 1.54) is 10.4 Å². The second kappa shape index (κ2) is 5.96. The first-order valence-electron chi connectivity index (χ1n) is 7.52. The molecule has 2 aromatic heterocycles. The van der Waals surface area contributed by atoms with Gasteiger partial charge < -0.3 is 0 Å². The van der Waals surface area contributed by atoms with Crippen LogP contribution >= 0.6 is 34.7 Å². The monoisotopic (exact) mass is 362 g/mol. The number of thiophene rings is 1. The molecule has 3 aromatic rings. The van der Waals surface area contributed by atoms with Crippen molar-refractivity contribution < 1.29 is 0 Å². The van der Waals surface area contributed by atoms with E-state index in [9.17, 15) is 4.79 Å². The highest BCUT2D eigenvalue weighted by Gasteiger charge is 2.22. The first kappa shape index (κ1) is 15.2. The van der Waals surface area contributed by atoms with Gasteiger partial charge in [-0.3, -0.25) is 9.36 Å². The van der Waals surface area contributed by atoms with Crippen LogP contribution in [0.5, 0.6) is 0 Å². The first-order valence-corrected chi connectivity index (χ1v) is 9.70. The number of benzene rings is 1. The number of rotatable bonds is 3. The fourth-order valence-corrected chi connectivity index (χ4v) is 5.55. The molecule has 0 saturated carbocycles. The van der Waals surface area contributed by atoms with Crippen LogP contribution in [-0.2, 0) is 25.6 Å². The van der Waals surface area contributed by atoms with Crippen LogP contribution in [0.1, 0.15) is 22.4 Å². The Hall–Kier alpha value is -1.30. The summed E-state index contributed by atoms with van der Waals surface area (Å²) in [5, 5.41) is 2.34. The largest absolute Gasteiger partial charge is 0.290 e. The zero-order valence-electron chi connectivity index (χ0n) is 12.6. The second-order valence-corrected chi connectivity index (χ2v) is 8.11. The van der Waals surface area contributed by atoms with Crippen molar-refractivity contribution in [3.8, 4) is 0 Å². The summed E-state index contributed by atoms with van der Waals surface area (Å²) in [6, 6.07) is 7.79. The van der Waals surface area contributed by atoms with Gasteiger partial charge >= 0.3 is 0 Å². The predicted octanol–water partition coefficient (Wildman–Crippen LogP) is 4.43. The lowest BCUT2D eigenvalue weighted by atomic mass is 10.2. The van der Waals surface area contributed by atoms with Gasteiger partial charge in [0.25, 0.3) is 5.56 Å². The molecule has 0 aliphatic heterocycles. The number of hydrogen-bond donors (Lipinski definition) is 0. The van der Waals surface area contributed by atoms with Crippen LogP contribution in [-0.4, -0.2) is 9.55 Å². The van der Waals surface area contributed by atoms with Gasteiger partial charge in [-0.15, -0.1) is 11.3 Å². The maximum absolute atomic E-state index is 12.7. The topological polar surface area (TPSA) is 34.9 Å². The molecule has 0 N–H and O–H groups in total. The van der Waals surface area contributed by atoms with E-state index in [4.69, 9.17) is 16.6 Å². The van der Waals surface area contributed by atoms with E-state index in [2.05, 4.69) is 0 Å². The number of aromatic nitrogens is 2. The molecule has 0 saturated heterocycles. The molecule has 4 rings (SSSR count). The van der Waals surface area contributed by atoms with Crippen LogP contribution in [0.4, 0.5) is 0 Å². The highest BCUT2D eigenvalue weighted by molar-refractivity contribution is 7.98. The number of nitrogens with zero attached hydrogens (tertiary/aromatic N) is 2. The minimum atomic E-state index is 0.0797. The number of hydrogen-bond acceptors (Lipinski definition) is 4. The zero-order valence-corrected chi connectivity index (χ0v) is 15.0. The molecular weight excluding hydrogens is 348 g/mol. The summed E-state index contributed by atoms with van der Waals surface area (Å²) in [6.07, 6.45) is 3.25. The van der Waals surface area contributed by atoms with Crippen molar-refractivity contribution in [2.75, 3.05) is 0 Å². The van der Waals surface area contributed by atoms with Crippen LogP contribution in [0.3, 0.4) is 0 Å². The van der Waals surface area contributed by atoms with Crippen molar-refractivity contribution in [3.05, 3.63) is 55.6 Å². The normalized spacial score (nSPS) is 13.7. The minimum absolute atomic E-state index is 0.0797. The molecule has 1 aliphatic carbocycles. The lowest BCUT2D eigenvalue weighted by molar-refractivity contribution is 0.727. The average molecular weight is 363 g/mol. The Balaban J connectivity index is 1.72. The molecule has 0 atom stereocenters. The Labute approximate surface area is 147 Å². The second-order valence-electron chi connectivity index (χ2n) is 5.68. The number of aryl methyl sites for hydroxylation is 2. The van der Waals surface area contributed by atoms with Crippen molar-refractivity contribution in [3.63, 3.8) is 0 Å². The molecule has 0 amide bonds. The van der Waals surface area contributed by atoms with Crippen molar-refractivity contribution in [2.45, 2.75) is 30.2 Å². The molecule has 1 aliphatic rings. The summed E-state index contributed by atoms with van der Waals surface area (Å²) in [5.74, 6) is 0.705. The van der Waals surface area contributed by atoms with Crippen LogP contribution in [0.25, 0.3) is 10.2 Å². The quantitative estimate of drug-likeness (QED) is 0.510. The lowest BCUT2D eigenvalue weighted by Gasteiger charge is -2.08. The maximum Gasteiger partial charge on any atom is 0.262 e. The van der Waals surface area contributed by atoms with Crippen molar-refractivity contribution in [2.24, 2.45) is 7.05 Å². The van der Waals surface area contributed by atoms with E-state index in [0.29, 0.717) is 5.75 Å². The molecule has 23 heavy (non-hydrogen) atoms. The van der Waals surface area contributed by atoms with Crippen LogP contribution in [0, 0.1) is 0 Å². The Morgan fingerprint density at radius 2 is 2.17 bits per heavy atom. The van der Waals surface area contributed by atoms with E-state index < -0.39 is 0 Å². The molecule has 0 fully saturated rings. The Morgan fingerprint density at radius 1 is 1.35 bits per heavy atom. The number of halogens is 1. The van der Waals surface area contributed by atoms with E-state index in [1.807, 2.05) is 31.3 Å². The maximum atomic E-state index is 12.7. The lowest BCUT2D eigenvalue weighted by Crippen LogP contribution is -2.20. The Kier molecular flexibility index (Phi) is 3.95. The molecule has 0 spiro atoms. The summed E-state index contributed by atoms with van der Waals surface area (Å²) in [4.78, 5) is 19.7. The standard InChI is InChI=1S/C17H15ClN2OS2/c1-20-16(21)14-11-6-4-8-13(11)23-15(14)19-17(20)22-9-10-5-2-3-7-12(10)18/h2-3,5,7H,4,6,8-9H2,1H3. The first-order chi connectivity index (χ1) is 11.1. The molecule has 1 aromatic carbocycles. The van der Waals surface area contributed by atoms with E-state index in [0.717, 1.165) is 45.2 Å². The van der Waals surface area contributed by atoms with Gasteiger partial charge in [-0.25, -0.2) is 4.98 Å². The Bertz CT molecular complexity index is 961. The van der Waals surface area contributed by atoms with Gasteiger partial charge in [-0.2, -0.15) is 0 Å². The smallest absolute Gasteiger partial charge is 0.262 e.